The van der Waals surface area contributed by atoms with Crippen LogP contribution in [0.5, 0.6) is 0 Å². The van der Waals surface area contributed by atoms with Gasteiger partial charge in [-0.25, -0.2) is 9.78 Å². The zero-order chi connectivity index (χ0) is 16.2. The van der Waals surface area contributed by atoms with Crippen molar-refractivity contribution in [2.45, 2.75) is 26.5 Å². The van der Waals surface area contributed by atoms with E-state index < -0.39 is 0 Å². The third-order valence-electron chi connectivity index (χ3n) is 3.77. The molecule has 1 unspecified atom stereocenters. The van der Waals surface area contributed by atoms with Gasteiger partial charge >= 0.3 is 6.03 Å². The molecule has 1 aliphatic rings. The molecular formula is C15H20N6O2. The minimum absolute atomic E-state index is 0.183. The van der Waals surface area contributed by atoms with Gasteiger partial charge in [0.25, 0.3) is 0 Å². The smallest absolute Gasteiger partial charge is 0.323 e. The molecule has 0 spiro atoms. The van der Waals surface area contributed by atoms with Crippen molar-refractivity contribution in [2.24, 2.45) is 0 Å². The fourth-order valence-corrected chi connectivity index (χ4v) is 2.48. The number of hydrogen-bond acceptors (Lipinski definition) is 5. The normalized spacial score (nSPS) is 18.0. The lowest BCUT2D eigenvalue weighted by molar-refractivity contribution is -0.0199. The number of amides is 2. The van der Waals surface area contributed by atoms with Crippen LogP contribution in [0.2, 0.25) is 0 Å². The van der Waals surface area contributed by atoms with E-state index >= 15 is 0 Å². The third kappa shape index (κ3) is 3.48. The number of hydrogen-bond donors (Lipinski definition) is 1. The van der Waals surface area contributed by atoms with Gasteiger partial charge in [-0.15, -0.1) is 10.2 Å². The van der Waals surface area contributed by atoms with Crippen LogP contribution in [0.1, 0.15) is 24.4 Å². The molecule has 2 aromatic rings. The van der Waals surface area contributed by atoms with Crippen LogP contribution >= 0.6 is 0 Å². The quantitative estimate of drug-likeness (QED) is 0.930. The van der Waals surface area contributed by atoms with Crippen molar-refractivity contribution >= 4 is 11.8 Å². The number of ether oxygens (including phenoxy) is 1. The topological polar surface area (TPSA) is 85.2 Å². The Bertz CT molecular complexity index is 669. The lowest BCUT2D eigenvalue weighted by Crippen LogP contribution is -2.45. The van der Waals surface area contributed by atoms with Crippen molar-refractivity contribution in [3.8, 4) is 0 Å². The number of urea groups is 1. The van der Waals surface area contributed by atoms with Crippen LogP contribution in [0.3, 0.4) is 0 Å². The van der Waals surface area contributed by atoms with E-state index in [0.717, 1.165) is 17.9 Å². The van der Waals surface area contributed by atoms with Crippen LogP contribution in [0, 0.1) is 6.92 Å². The van der Waals surface area contributed by atoms with E-state index in [4.69, 9.17) is 4.74 Å². The fourth-order valence-electron chi connectivity index (χ4n) is 2.48. The van der Waals surface area contributed by atoms with Crippen LogP contribution < -0.4 is 5.32 Å². The number of anilines is 1. The van der Waals surface area contributed by atoms with Gasteiger partial charge in [0.1, 0.15) is 18.2 Å². The Labute approximate surface area is 134 Å². The molecule has 3 heterocycles. The first-order chi connectivity index (χ1) is 11.2. The first-order valence-electron chi connectivity index (χ1n) is 7.65. The van der Waals surface area contributed by atoms with Crippen LogP contribution in [-0.2, 0) is 11.3 Å². The predicted molar refractivity (Wildman–Crippen MR) is 84.0 cm³/mol. The molecule has 122 valence electrons. The maximum absolute atomic E-state index is 12.4. The summed E-state index contributed by atoms with van der Waals surface area (Å²) < 4.78 is 7.67. The van der Waals surface area contributed by atoms with Crippen molar-refractivity contribution in [2.75, 3.05) is 25.0 Å². The van der Waals surface area contributed by atoms with E-state index in [1.165, 1.54) is 0 Å². The Kier molecular flexibility index (Phi) is 4.52. The monoisotopic (exact) mass is 316 g/mol. The SMILES string of the molecule is CCn1cnnc1C1CN(C(=O)Nc2ccc(C)cn2)CCO1. The van der Waals surface area contributed by atoms with Gasteiger partial charge in [0, 0.05) is 19.3 Å². The van der Waals surface area contributed by atoms with E-state index in [2.05, 4.69) is 20.5 Å². The number of carbonyl (C=O) groups excluding carboxylic acids is 1. The molecule has 0 aliphatic carbocycles. The zero-order valence-corrected chi connectivity index (χ0v) is 13.3. The van der Waals surface area contributed by atoms with E-state index in [0.29, 0.717) is 25.5 Å². The minimum Gasteiger partial charge on any atom is -0.366 e. The molecule has 1 N–H and O–H groups in total. The molecule has 0 bridgehead atoms. The summed E-state index contributed by atoms with van der Waals surface area (Å²) >= 11 is 0. The molecule has 3 rings (SSSR count). The van der Waals surface area contributed by atoms with Gasteiger partial charge < -0.3 is 14.2 Å². The second-order valence-electron chi connectivity index (χ2n) is 5.43. The Morgan fingerprint density at radius 2 is 2.35 bits per heavy atom. The molecule has 2 amide bonds. The predicted octanol–water partition coefficient (Wildman–Crippen LogP) is 1.61. The molecule has 8 heteroatoms. The number of nitrogens with zero attached hydrogens (tertiary/aromatic N) is 5. The van der Waals surface area contributed by atoms with Crippen molar-refractivity contribution in [3.63, 3.8) is 0 Å². The molecule has 1 atom stereocenters. The maximum atomic E-state index is 12.4. The number of nitrogens with one attached hydrogen (secondary N) is 1. The molecule has 2 aromatic heterocycles. The highest BCUT2D eigenvalue weighted by molar-refractivity contribution is 5.88. The van der Waals surface area contributed by atoms with E-state index in [1.54, 1.807) is 23.5 Å². The number of aryl methyl sites for hydroxylation is 2. The first-order valence-corrected chi connectivity index (χ1v) is 7.65. The highest BCUT2D eigenvalue weighted by Gasteiger charge is 2.28. The highest BCUT2D eigenvalue weighted by atomic mass is 16.5. The van der Waals surface area contributed by atoms with Gasteiger partial charge in [-0.1, -0.05) is 6.07 Å². The summed E-state index contributed by atoms with van der Waals surface area (Å²) in [6, 6.07) is 3.52. The van der Waals surface area contributed by atoms with Crippen LogP contribution in [-0.4, -0.2) is 50.4 Å². The van der Waals surface area contributed by atoms with Gasteiger partial charge in [-0.3, -0.25) is 5.32 Å². The zero-order valence-electron chi connectivity index (χ0n) is 13.3. The summed E-state index contributed by atoms with van der Waals surface area (Å²) in [4.78, 5) is 18.3. The fraction of sp³-hybridized carbons (Fsp3) is 0.467. The Hall–Kier alpha value is -2.48. The average molecular weight is 316 g/mol. The lowest BCUT2D eigenvalue weighted by atomic mass is 10.2. The summed E-state index contributed by atoms with van der Waals surface area (Å²) in [5.74, 6) is 1.29. The summed E-state index contributed by atoms with van der Waals surface area (Å²) in [6.45, 7) is 6.18. The van der Waals surface area contributed by atoms with Gasteiger partial charge in [0.05, 0.1) is 13.2 Å². The van der Waals surface area contributed by atoms with Gasteiger partial charge in [-0.05, 0) is 25.5 Å². The number of rotatable bonds is 3. The molecule has 23 heavy (non-hydrogen) atoms. The van der Waals surface area contributed by atoms with Crippen molar-refractivity contribution < 1.29 is 9.53 Å². The summed E-state index contributed by atoms with van der Waals surface area (Å²) in [5, 5.41) is 10.8. The van der Waals surface area contributed by atoms with Crippen molar-refractivity contribution in [1.82, 2.24) is 24.6 Å². The van der Waals surface area contributed by atoms with E-state index in [9.17, 15) is 4.79 Å². The number of carbonyl (C=O) groups is 1. The first kappa shape index (κ1) is 15.4. The molecule has 1 aliphatic heterocycles. The standard InChI is InChI=1S/C15H20N6O2/c1-3-20-10-17-19-14(20)12-9-21(6-7-23-12)15(22)18-13-5-4-11(2)8-16-13/h4-5,8,10,12H,3,6-7,9H2,1-2H3,(H,16,18,22). The van der Waals surface area contributed by atoms with Gasteiger partial charge in [0.2, 0.25) is 0 Å². The minimum atomic E-state index is -0.261. The Balaban J connectivity index is 1.66. The maximum Gasteiger partial charge on any atom is 0.323 e. The third-order valence-corrected chi connectivity index (χ3v) is 3.77. The van der Waals surface area contributed by atoms with Crippen molar-refractivity contribution in [3.05, 3.63) is 36.0 Å². The van der Waals surface area contributed by atoms with Crippen LogP contribution in [0.4, 0.5) is 10.6 Å². The van der Waals surface area contributed by atoms with E-state index in [1.807, 2.05) is 24.5 Å². The highest BCUT2D eigenvalue weighted by Crippen LogP contribution is 2.21. The second kappa shape index (κ2) is 6.74. The Morgan fingerprint density at radius 3 is 3.09 bits per heavy atom. The van der Waals surface area contributed by atoms with Crippen LogP contribution in [0.15, 0.2) is 24.7 Å². The summed E-state index contributed by atoms with van der Waals surface area (Å²) in [5.41, 5.74) is 1.05. The largest absolute Gasteiger partial charge is 0.366 e. The number of pyridine rings is 1. The van der Waals surface area contributed by atoms with E-state index in [-0.39, 0.29) is 12.1 Å². The Morgan fingerprint density at radius 1 is 1.48 bits per heavy atom. The molecular weight excluding hydrogens is 296 g/mol. The number of morpholine rings is 1. The summed E-state index contributed by atoms with van der Waals surface area (Å²) in [7, 11) is 0. The molecule has 8 nitrogen and oxygen atoms in total. The van der Waals surface area contributed by atoms with Crippen molar-refractivity contribution in [1.29, 1.82) is 0 Å². The van der Waals surface area contributed by atoms with Gasteiger partial charge in [0.15, 0.2) is 5.82 Å². The molecule has 1 saturated heterocycles. The second-order valence-corrected chi connectivity index (χ2v) is 5.43. The van der Waals surface area contributed by atoms with Gasteiger partial charge in [-0.2, -0.15) is 0 Å². The molecule has 0 saturated carbocycles. The average Bonchev–Trinajstić information content (AvgIpc) is 3.06. The molecule has 1 fully saturated rings. The molecule has 0 aromatic carbocycles. The summed E-state index contributed by atoms with van der Waals surface area (Å²) in [6.07, 6.45) is 3.14. The van der Waals surface area contributed by atoms with Crippen LogP contribution in [0.25, 0.3) is 0 Å². The molecule has 0 radical (unpaired) electrons. The lowest BCUT2D eigenvalue weighted by Gasteiger charge is -2.32. The number of aromatic nitrogens is 4.